The van der Waals surface area contributed by atoms with E-state index in [4.69, 9.17) is 5.26 Å². The summed E-state index contributed by atoms with van der Waals surface area (Å²) in [7, 11) is 0. The molecule has 0 bridgehead atoms. The third kappa shape index (κ3) is 3.04. The lowest BCUT2D eigenvalue weighted by Gasteiger charge is -2.14. The van der Waals surface area contributed by atoms with Gasteiger partial charge in [0.2, 0.25) is 0 Å². The average molecular weight is 246 g/mol. The first-order chi connectivity index (χ1) is 8.63. The second-order valence-corrected chi connectivity index (χ2v) is 3.53. The topological polar surface area (TPSA) is 83.1 Å². The van der Waals surface area contributed by atoms with Crippen LogP contribution in [0.4, 0.5) is 5.69 Å². The van der Waals surface area contributed by atoms with Crippen molar-refractivity contribution in [1.29, 1.82) is 5.26 Å². The Kier molecular flexibility index (Phi) is 4.81. The molecule has 0 aliphatic heterocycles. The van der Waals surface area contributed by atoms with Gasteiger partial charge in [0.1, 0.15) is 12.3 Å². The van der Waals surface area contributed by atoms with Crippen molar-refractivity contribution in [3.8, 4) is 6.07 Å². The molecule has 1 aromatic rings. The first kappa shape index (κ1) is 13.6. The van der Waals surface area contributed by atoms with Gasteiger partial charge in [0.15, 0.2) is 0 Å². The van der Waals surface area contributed by atoms with Crippen LogP contribution in [-0.2, 0) is 0 Å². The Morgan fingerprint density at radius 3 is 2.67 bits per heavy atom. The molecule has 0 spiro atoms. The maximum absolute atomic E-state index is 10.9. The Bertz CT molecular complexity index is 501. The summed E-state index contributed by atoms with van der Waals surface area (Å²) in [6, 6.07) is 1.91. The van der Waals surface area contributed by atoms with E-state index >= 15 is 0 Å². The summed E-state index contributed by atoms with van der Waals surface area (Å²) in [5.74, 6) is 0. The predicted molar refractivity (Wildman–Crippen MR) is 67.6 cm³/mol. The Hall–Kier alpha value is -2.42. The fourth-order valence-electron chi connectivity index (χ4n) is 1.48. The second kappa shape index (κ2) is 6.35. The molecule has 1 rings (SSSR count). The lowest BCUT2D eigenvalue weighted by molar-refractivity contribution is -0.385. The number of nitriles is 1. The lowest BCUT2D eigenvalue weighted by Crippen LogP contribution is -2.15. The molecular weight excluding hydrogens is 232 g/mol. The van der Waals surface area contributed by atoms with E-state index < -0.39 is 4.92 Å². The molecule has 0 aromatic carbocycles. The first-order valence-corrected chi connectivity index (χ1v) is 5.58. The van der Waals surface area contributed by atoms with Crippen molar-refractivity contribution in [2.24, 2.45) is 0 Å². The molecular formula is C12H14N4O2. The zero-order chi connectivity index (χ0) is 13.5. The van der Waals surface area contributed by atoms with E-state index in [1.165, 1.54) is 6.20 Å². The molecule has 0 amide bonds. The van der Waals surface area contributed by atoms with E-state index in [1.807, 2.05) is 24.8 Å². The van der Waals surface area contributed by atoms with E-state index in [9.17, 15) is 10.1 Å². The summed E-state index contributed by atoms with van der Waals surface area (Å²) < 4.78 is 0. The lowest BCUT2D eigenvalue weighted by atomic mass is 10.1. The summed E-state index contributed by atoms with van der Waals surface area (Å²) in [6.45, 7) is 5.57. The third-order valence-corrected chi connectivity index (χ3v) is 2.55. The van der Waals surface area contributed by atoms with Crippen LogP contribution in [0.15, 0.2) is 18.6 Å². The average Bonchev–Trinajstić information content (AvgIpc) is 2.39. The molecule has 1 heterocycles. The molecule has 0 fully saturated rings. The van der Waals surface area contributed by atoms with Crippen LogP contribution in [0.3, 0.4) is 0 Å². The van der Waals surface area contributed by atoms with Gasteiger partial charge in [-0.15, -0.1) is 0 Å². The molecule has 6 nitrogen and oxygen atoms in total. The Morgan fingerprint density at radius 1 is 1.50 bits per heavy atom. The largest absolute Gasteiger partial charge is 0.378 e. The Morgan fingerprint density at radius 2 is 2.17 bits per heavy atom. The standard InChI is InChI=1S/C12H14N4O2/c1-3-15(4-2)6-5-11-10(7-13)8-14-9-12(11)16(17)18/h5-6,8-9H,3-4H2,1-2H3/b6-5+. The summed E-state index contributed by atoms with van der Waals surface area (Å²) in [4.78, 5) is 16.0. The van der Waals surface area contributed by atoms with E-state index in [0.717, 1.165) is 19.3 Å². The van der Waals surface area contributed by atoms with Crippen LogP contribution in [0.1, 0.15) is 25.0 Å². The number of pyridine rings is 1. The maximum atomic E-state index is 10.9. The number of rotatable bonds is 5. The number of nitrogens with zero attached hydrogens (tertiary/aromatic N) is 4. The van der Waals surface area contributed by atoms with Gasteiger partial charge in [-0.05, 0) is 26.1 Å². The van der Waals surface area contributed by atoms with Crippen molar-refractivity contribution in [1.82, 2.24) is 9.88 Å². The number of hydrogen-bond donors (Lipinski definition) is 0. The van der Waals surface area contributed by atoms with Crippen molar-refractivity contribution in [2.45, 2.75) is 13.8 Å². The number of hydrogen-bond acceptors (Lipinski definition) is 5. The highest BCUT2D eigenvalue weighted by Gasteiger charge is 2.16. The van der Waals surface area contributed by atoms with Crippen LogP contribution in [-0.4, -0.2) is 27.9 Å². The minimum Gasteiger partial charge on any atom is -0.378 e. The molecule has 18 heavy (non-hydrogen) atoms. The van der Waals surface area contributed by atoms with Crippen LogP contribution < -0.4 is 0 Å². The van der Waals surface area contributed by atoms with Crippen LogP contribution in [0, 0.1) is 21.4 Å². The zero-order valence-corrected chi connectivity index (χ0v) is 10.3. The second-order valence-electron chi connectivity index (χ2n) is 3.53. The van der Waals surface area contributed by atoms with E-state index in [2.05, 4.69) is 4.98 Å². The maximum Gasteiger partial charge on any atom is 0.296 e. The van der Waals surface area contributed by atoms with Gasteiger partial charge in [-0.1, -0.05) is 0 Å². The van der Waals surface area contributed by atoms with Gasteiger partial charge in [-0.2, -0.15) is 5.26 Å². The summed E-state index contributed by atoms with van der Waals surface area (Å²) in [6.07, 6.45) is 5.83. The number of nitro groups is 1. The summed E-state index contributed by atoms with van der Waals surface area (Å²) in [5, 5.41) is 19.8. The van der Waals surface area contributed by atoms with Gasteiger partial charge in [-0.25, -0.2) is 0 Å². The van der Waals surface area contributed by atoms with Crippen molar-refractivity contribution in [3.05, 3.63) is 39.8 Å². The monoisotopic (exact) mass is 246 g/mol. The first-order valence-electron chi connectivity index (χ1n) is 5.58. The molecule has 0 unspecified atom stereocenters. The van der Waals surface area contributed by atoms with Crippen LogP contribution in [0.2, 0.25) is 0 Å². The molecule has 0 atom stereocenters. The fourth-order valence-corrected chi connectivity index (χ4v) is 1.48. The van der Waals surface area contributed by atoms with Crippen molar-refractivity contribution in [3.63, 3.8) is 0 Å². The summed E-state index contributed by atoms with van der Waals surface area (Å²) >= 11 is 0. The van der Waals surface area contributed by atoms with E-state index in [1.54, 1.807) is 12.3 Å². The van der Waals surface area contributed by atoms with E-state index in [-0.39, 0.29) is 11.3 Å². The Balaban J connectivity index is 3.21. The minimum absolute atomic E-state index is 0.155. The zero-order valence-electron chi connectivity index (χ0n) is 10.3. The van der Waals surface area contributed by atoms with Crippen LogP contribution >= 0.6 is 0 Å². The molecule has 0 radical (unpaired) electrons. The van der Waals surface area contributed by atoms with Gasteiger partial charge in [-0.3, -0.25) is 15.1 Å². The molecule has 0 saturated heterocycles. The van der Waals surface area contributed by atoms with E-state index in [0.29, 0.717) is 5.56 Å². The normalized spacial score (nSPS) is 10.3. The van der Waals surface area contributed by atoms with Gasteiger partial charge in [0.05, 0.1) is 16.1 Å². The minimum atomic E-state index is -0.532. The van der Waals surface area contributed by atoms with Gasteiger partial charge >= 0.3 is 0 Å². The quantitative estimate of drug-likeness (QED) is 0.587. The predicted octanol–water partition coefficient (Wildman–Crippen LogP) is 2.17. The van der Waals surface area contributed by atoms with Gasteiger partial charge < -0.3 is 4.90 Å². The molecule has 1 aromatic heterocycles. The molecule has 0 N–H and O–H groups in total. The fraction of sp³-hybridized carbons (Fsp3) is 0.333. The Labute approximate surface area is 105 Å². The highest BCUT2D eigenvalue weighted by Crippen LogP contribution is 2.22. The number of aromatic nitrogens is 1. The van der Waals surface area contributed by atoms with Crippen molar-refractivity contribution >= 4 is 11.8 Å². The SMILES string of the molecule is CCN(/C=C/c1c(C#N)cncc1[N+](=O)[O-])CC. The van der Waals surface area contributed by atoms with Crippen molar-refractivity contribution < 1.29 is 4.92 Å². The highest BCUT2D eigenvalue weighted by atomic mass is 16.6. The third-order valence-electron chi connectivity index (χ3n) is 2.55. The molecule has 94 valence electrons. The molecule has 6 heteroatoms. The van der Waals surface area contributed by atoms with Gasteiger partial charge in [0, 0.05) is 19.3 Å². The molecule has 0 aliphatic rings. The van der Waals surface area contributed by atoms with Crippen LogP contribution in [0.5, 0.6) is 0 Å². The summed E-state index contributed by atoms with van der Waals surface area (Å²) in [5.41, 5.74) is 0.342. The highest BCUT2D eigenvalue weighted by molar-refractivity contribution is 5.66. The molecule has 0 saturated carbocycles. The van der Waals surface area contributed by atoms with Gasteiger partial charge in [0.25, 0.3) is 5.69 Å². The smallest absolute Gasteiger partial charge is 0.296 e. The molecule has 0 aliphatic carbocycles. The van der Waals surface area contributed by atoms with Crippen LogP contribution in [0.25, 0.3) is 6.08 Å². The van der Waals surface area contributed by atoms with Crippen molar-refractivity contribution in [2.75, 3.05) is 13.1 Å².